The normalized spacial score (nSPS) is 10.8. The summed E-state index contributed by atoms with van der Waals surface area (Å²) in [6.07, 6.45) is 0. The van der Waals surface area contributed by atoms with Gasteiger partial charge in [-0.1, -0.05) is 12.1 Å². The molecule has 0 unspecified atom stereocenters. The van der Waals surface area contributed by atoms with Gasteiger partial charge < -0.3 is 9.64 Å². The summed E-state index contributed by atoms with van der Waals surface area (Å²) in [6.45, 7) is 0. The number of para-hydroxylation sites is 2. The van der Waals surface area contributed by atoms with Gasteiger partial charge in [0, 0.05) is 18.3 Å². The Morgan fingerprint density at radius 2 is 1.46 bits per heavy atom. The summed E-state index contributed by atoms with van der Waals surface area (Å²) in [6, 6.07) is 20.5. The number of ether oxygens (including phenoxy) is 1. The Labute approximate surface area is 150 Å². The molecular weight excluding hydrogens is 326 g/mol. The number of carbonyl (C=O) groups is 1. The number of amides is 1. The zero-order valence-corrected chi connectivity index (χ0v) is 14.5. The summed E-state index contributed by atoms with van der Waals surface area (Å²) in [5, 5.41) is 0. The average molecular weight is 343 g/mol. The van der Waals surface area contributed by atoms with Crippen molar-refractivity contribution in [2.45, 2.75) is 0 Å². The summed E-state index contributed by atoms with van der Waals surface area (Å²) in [4.78, 5) is 23.7. The fourth-order valence-electron chi connectivity index (χ4n) is 2.87. The van der Waals surface area contributed by atoms with E-state index in [2.05, 4.69) is 9.97 Å². The highest BCUT2D eigenvalue weighted by Crippen LogP contribution is 2.22. The largest absolute Gasteiger partial charge is 0.497 e. The SMILES string of the molecule is COc1ccc(N(C)C(=O)c2ccc3nc4ccccc4nc3c2)cc1. The van der Waals surface area contributed by atoms with Crippen molar-refractivity contribution in [3.63, 3.8) is 0 Å². The zero-order chi connectivity index (χ0) is 18.1. The average Bonchev–Trinajstić information content (AvgIpc) is 2.70. The minimum Gasteiger partial charge on any atom is -0.497 e. The number of carbonyl (C=O) groups excluding carboxylic acids is 1. The maximum atomic E-state index is 12.9. The van der Waals surface area contributed by atoms with Crippen LogP contribution >= 0.6 is 0 Å². The Hall–Kier alpha value is -3.47. The molecule has 5 nitrogen and oxygen atoms in total. The van der Waals surface area contributed by atoms with E-state index in [9.17, 15) is 4.79 Å². The van der Waals surface area contributed by atoms with E-state index in [-0.39, 0.29) is 5.91 Å². The second-order valence-electron chi connectivity index (χ2n) is 5.98. The van der Waals surface area contributed by atoms with Gasteiger partial charge in [0.1, 0.15) is 5.75 Å². The van der Waals surface area contributed by atoms with Crippen molar-refractivity contribution in [3.05, 3.63) is 72.3 Å². The van der Waals surface area contributed by atoms with Crippen molar-refractivity contribution < 1.29 is 9.53 Å². The monoisotopic (exact) mass is 343 g/mol. The Balaban J connectivity index is 1.70. The molecule has 26 heavy (non-hydrogen) atoms. The molecule has 0 N–H and O–H groups in total. The van der Waals surface area contributed by atoms with Gasteiger partial charge in [0.05, 0.1) is 29.2 Å². The van der Waals surface area contributed by atoms with E-state index >= 15 is 0 Å². The molecule has 0 saturated carbocycles. The van der Waals surface area contributed by atoms with Gasteiger partial charge >= 0.3 is 0 Å². The summed E-state index contributed by atoms with van der Waals surface area (Å²) >= 11 is 0. The first-order valence-electron chi connectivity index (χ1n) is 8.24. The molecule has 1 aromatic heterocycles. The number of methoxy groups -OCH3 is 1. The molecule has 0 saturated heterocycles. The first-order valence-corrected chi connectivity index (χ1v) is 8.24. The van der Waals surface area contributed by atoms with Crippen LogP contribution in [0.15, 0.2) is 66.7 Å². The molecule has 3 aromatic carbocycles. The Morgan fingerprint density at radius 1 is 0.846 bits per heavy atom. The molecule has 1 amide bonds. The van der Waals surface area contributed by atoms with Crippen LogP contribution in [0.4, 0.5) is 5.69 Å². The molecule has 0 aliphatic rings. The molecule has 1 heterocycles. The van der Waals surface area contributed by atoms with E-state index in [0.717, 1.165) is 28.0 Å². The van der Waals surface area contributed by atoms with Crippen LogP contribution in [0.5, 0.6) is 5.75 Å². The Morgan fingerprint density at radius 3 is 2.12 bits per heavy atom. The second-order valence-corrected chi connectivity index (χ2v) is 5.98. The highest BCUT2D eigenvalue weighted by Gasteiger charge is 2.15. The molecule has 0 fully saturated rings. The number of aromatic nitrogens is 2. The predicted molar refractivity (Wildman–Crippen MR) is 103 cm³/mol. The Bertz CT molecular complexity index is 1110. The number of benzene rings is 3. The maximum absolute atomic E-state index is 12.9. The smallest absolute Gasteiger partial charge is 0.258 e. The van der Waals surface area contributed by atoms with Crippen molar-refractivity contribution in [2.75, 3.05) is 19.1 Å². The van der Waals surface area contributed by atoms with Crippen LogP contribution in [0, 0.1) is 0 Å². The lowest BCUT2D eigenvalue weighted by Gasteiger charge is -2.18. The highest BCUT2D eigenvalue weighted by atomic mass is 16.5. The van der Waals surface area contributed by atoms with Gasteiger partial charge in [-0.25, -0.2) is 9.97 Å². The number of fused-ring (bicyclic) bond motifs is 2. The molecule has 0 atom stereocenters. The Kier molecular flexibility index (Phi) is 3.97. The maximum Gasteiger partial charge on any atom is 0.258 e. The molecule has 0 radical (unpaired) electrons. The number of rotatable bonds is 3. The van der Waals surface area contributed by atoms with E-state index in [1.165, 1.54) is 0 Å². The van der Waals surface area contributed by atoms with Crippen LogP contribution in [-0.2, 0) is 0 Å². The van der Waals surface area contributed by atoms with Gasteiger partial charge in [-0.3, -0.25) is 4.79 Å². The zero-order valence-electron chi connectivity index (χ0n) is 14.5. The first-order chi connectivity index (χ1) is 12.7. The van der Waals surface area contributed by atoms with Gasteiger partial charge in [-0.05, 0) is 54.6 Å². The van der Waals surface area contributed by atoms with Crippen molar-refractivity contribution >= 4 is 33.7 Å². The van der Waals surface area contributed by atoms with Gasteiger partial charge in [0.15, 0.2) is 0 Å². The van der Waals surface area contributed by atoms with Crippen LogP contribution in [0.1, 0.15) is 10.4 Å². The summed E-state index contributed by atoms with van der Waals surface area (Å²) in [5.74, 6) is 0.648. The molecule has 0 aliphatic heterocycles. The highest BCUT2D eigenvalue weighted by molar-refractivity contribution is 6.07. The first kappa shape index (κ1) is 16.0. The quantitative estimate of drug-likeness (QED) is 0.526. The van der Waals surface area contributed by atoms with Gasteiger partial charge in [-0.2, -0.15) is 0 Å². The van der Waals surface area contributed by atoms with Gasteiger partial charge in [0.25, 0.3) is 5.91 Å². The van der Waals surface area contributed by atoms with Gasteiger partial charge in [-0.15, -0.1) is 0 Å². The number of hydrogen-bond donors (Lipinski definition) is 0. The van der Waals surface area contributed by atoms with Crippen LogP contribution < -0.4 is 9.64 Å². The third-order valence-corrected chi connectivity index (χ3v) is 4.35. The molecule has 0 spiro atoms. The number of anilines is 1. The van der Waals surface area contributed by atoms with E-state index in [1.54, 1.807) is 31.2 Å². The lowest BCUT2D eigenvalue weighted by molar-refractivity contribution is 0.0993. The fraction of sp³-hybridized carbons (Fsp3) is 0.0952. The van der Waals surface area contributed by atoms with Crippen molar-refractivity contribution in [3.8, 4) is 5.75 Å². The minimum atomic E-state index is -0.105. The van der Waals surface area contributed by atoms with Crippen LogP contribution in [0.2, 0.25) is 0 Å². The molecule has 0 bridgehead atoms. The van der Waals surface area contributed by atoms with Crippen molar-refractivity contribution in [1.29, 1.82) is 0 Å². The second kappa shape index (κ2) is 6.44. The van der Waals surface area contributed by atoms with Crippen molar-refractivity contribution in [2.24, 2.45) is 0 Å². The summed E-state index contributed by atoms with van der Waals surface area (Å²) in [5.41, 5.74) is 4.49. The molecule has 128 valence electrons. The topological polar surface area (TPSA) is 55.3 Å². The number of hydrogen-bond acceptors (Lipinski definition) is 4. The van der Waals surface area contributed by atoms with Crippen LogP contribution in [-0.4, -0.2) is 30.0 Å². The van der Waals surface area contributed by atoms with E-state index in [0.29, 0.717) is 11.1 Å². The molecule has 0 aliphatic carbocycles. The standard InChI is InChI=1S/C21H17N3O2/c1-24(15-8-10-16(26-2)11-9-15)21(25)14-7-12-19-20(13-14)23-18-6-4-3-5-17(18)22-19/h3-13H,1-2H3. The molecule has 4 rings (SSSR count). The molecule has 5 heteroatoms. The molecule has 4 aromatic rings. The third-order valence-electron chi connectivity index (χ3n) is 4.35. The summed E-state index contributed by atoms with van der Waals surface area (Å²) < 4.78 is 5.16. The number of nitrogens with zero attached hydrogens (tertiary/aromatic N) is 3. The van der Waals surface area contributed by atoms with E-state index in [1.807, 2.05) is 54.6 Å². The fourth-order valence-corrected chi connectivity index (χ4v) is 2.87. The predicted octanol–water partition coefficient (Wildman–Crippen LogP) is 4.07. The van der Waals surface area contributed by atoms with E-state index in [4.69, 9.17) is 4.74 Å². The lowest BCUT2D eigenvalue weighted by atomic mass is 10.1. The van der Waals surface area contributed by atoms with Crippen molar-refractivity contribution in [1.82, 2.24) is 9.97 Å². The van der Waals surface area contributed by atoms with Gasteiger partial charge in [0.2, 0.25) is 0 Å². The van der Waals surface area contributed by atoms with Crippen LogP contribution in [0.3, 0.4) is 0 Å². The van der Waals surface area contributed by atoms with Crippen LogP contribution in [0.25, 0.3) is 22.1 Å². The lowest BCUT2D eigenvalue weighted by Crippen LogP contribution is -2.26. The molecular formula is C21H17N3O2. The third kappa shape index (κ3) is 2.84. The minimum absolute atomic E-state index is 0.105. The van der Waals surface area contributed by atoms with E-state index < -0.39 is 0 Å². The summed E-state index contributed by atoms with van der Waals surface area (Å²) in [7, 11) is 3.37.